The SMILES string of the molecule is CC(=O)Nc1ccc(CNC(=O)CN2CCC[C@H]2CN2CCCC2)cc1. The third kappa shape index (κ3) is 5.54. The second kappa shape index (κ2) is 9.14. The van der Waals surface area contributed by atoms with Gasteiger partial charge in [0, 0.05) is 31.7 Å². The van der Waals surface area contributed by atoms with Gasteiger partial charge < -0.3 is 15.5 Å². The van der Waals surface area contributed by atoms with Crippen molar-refractivity contribution in [2.24, 2.45) is 0 Å². The first-order valence-corrected chi connectivity index (χ1v) is 9.70. The Balaban J connectivity index is 1.42. The van der Waals surface area contributed by atoms with Crippen LogP contribution in [0.4, 0.5) is 5.69 Å². The Morgan fingerprint density at radius 1 is 1.08 bits per heavy atom. The fraction of sp³-hybridized carbons (Fsp3) is 0.600. The maximum atomic E-state index is 12.3. The molecule has 1 atom stereocenters. The second-order valence-corrected chi connectivity index (χ2v) is 7.43. The summed E-state index contributed by atoms with van der Waals surface area (Å²) in [5.74, 6) is 0.00408. The normalized spacial score (nSPS) is 21.0. The first kappa shape index (κ1) is 18.9. The van der Waals surface area contributed by atoms with Gasteiger partial charge in [-0.3, -0.25) is 14.5 Å². The van der Waals surface area contributed by atoms with E-state index in [0.29, 0.717) is 19.1 Å². The predicted octanol–water partition coefficient (Wildman–Crippen LogP) is 1.82. The van der Waals surface area contributed by atoms with Crippen LogP contribution in [0.1, 0.15) is 38.2 Å². The minimum absolute atomic E-state index is 0.0832. The fourth-order valence-corrected chi connectivity index (χ4v) is 3.92. The lowest BCUT2D eigenvalue weighted by Crippen LogP contribution is -2.44. The number of nitrogens with one attached hydrogen (secondary N) is 2. The molecule has 6 heteroatoms. The molecule has 0 radical (unpaired) electrons. The third-order valence-electron chi connectivity index (χ3n) is 5.28. The topological polar surface area (TPSA) is 64.7 Å². The molecule has 2 saturated heterocycles. The molecule has 0 unspecified atom stereocenters. The molecule has 2 heterocycles. The van der Waals surface area contributed by atoms with Crippen molar-refractivity contribution < 1.29 is 9.59 Å². The van der Waals surface area contributed by atoms with E-state index >= 15 is 0 Å². The first-order valence-electron chi connectivity index (χ1n) is 9.70. The van der Waals surface area contributed by atoms with Crippen LogP contribution in [-0.2, 0) is 16.1 Å². The van der Waals surface area contributed by atoms with Crippen molar-refractivity contribution in [2.75, 3.05) is 38.0 Å². The van der Waals surface area contributed by atoms with E-state index in [9.17, 15) is 9.59 Å². The van der Waals surface area contributed by atoms with Crippen LogP contribution in [0.2, 0.25) is 0 Å². The summed E-state index contributed by atoms with van der Waals surface area (Å²) in [4.78, 5) is 28.3. The molecule has 2 amide bonds. The van der Waals surface area contributed by atoms with Gasteiger partial charge in [-0.15, -0.1) is 0 Å². The summed E-state index contributed by atoms with van der Waals surface area (Å²) in [5.41, 5.74) is 1.80. The molecule has 3 rings (SSSR count). The van der Waals surface area contributed by atoms with Crippen molar-refractivity contribution >= 4 is 17.5 Å². The summed E-state index contributed by atoms with van der Waals surface area (Å²) in [7, 11) is 0. The van der Waals surface area contributed by atoms with Crippen LogP contribution in [0.25, 0.3) is 0 Å². The van der Waals surface area contributed by atoms with E-state index in [0.717, 1.165) is 24.3 Å². The number of likely N-dealkylation sites (tertiary alicyclic amines) is 2. The zero-order valence-electron chi connectivity index (χ0n) is 15.7. The van der Waals surface area contributed by atoms with Crippen molar-refractivity contribution in [1.29, 1.82) is 0 Å². The monoisotopic (exact) mass is 358 g/mol. The van der Waals surface area contributed by atoms with Crippen molar-refractivity contribution in [3.63, 3.8) is 0 Å². The fourth-order valence-electron chi connectivity index (χ4n) is 3.92. The van der Waals surface area contributed by atoms with Crippen LogP contribution in [0.15, 0.2) is 24.3 Å². The Kier molecular flexibility index (Phi) is 6.63. The first-order chi connectivity index (χ1) is 12.6. The lowest BCUT2D eigenvalue weighted by Gasteiger charge is -2.27. The number of amides is 2. The second-order valence-electron chi connectivity index (χ2n) is 7.43. The van der Waals surface area contributed by atoms with Crippen LogP contribution in [0.3, 0.4) is 0 Å². The number of hydrogen-bond acceptors (Lipinski definition) is 4. The highest BCUT2D eigenvalue weighted by molar-refractivity contribution is 5.88. The Hall–Kier alpha value is -1.92. The molecule has 0 saturated carbocycles. The molecule has 0 spiro atoms. The van der Waals surface area contributed by atoms with Gasteiger partial charge in [-0.05, 0) is 63.0 Å². The highest BCUT2D eigenvalue weighted by Gasteiger charge is 2.28. The lowest BCUT2D eigenvalue weighted by molar-refractivity contribution is -0.122. The number of carbonyl (C=O) groups is 2. The van der Waals surface area contributed by atoms with Gasteiger partial charge in [-0.1, -0.05) is 12.1 Å². The average molecular weight is 358 g/mol. The molecular weight excluding hydrogens is 328 g/mol. The summed E-state index contributed by atoms with van der Waals surface area (Å²) in [5, 5.41) is 5.76. The quantitative estimate of drug-likeness (QED) is 0.780. The summed E-state index contributed by atoms with van der Waals surface area (Å²) in [6.45, 7) is 7.06. The molecule has 6 nitrogen and oxygen atoms in total. The molecule has 2 aliphatic rings. The number of nitrogens with zero attached hydrogens (tertiary/aromatic N) is 2. The van der Waals surface area contributed by atoms with Crippen LogP contribution < -0.4 is 10.6 Å². The highest BCUT2D eigenvalue weighted by Crippen LogP contribution is 2.20. The van der Waals surface area contributed by atoms with Gasteiger partial charge in [0.05, 0.1) is 6.54 Å². The molecule has 1 aromatic carbocycles. The zero-order chi connectivity index (χ0) is 18.4. The van der Waals surface area contributed by atoms with Crippen LogP contribution in [-0.4, -0.2) is 60.4 Å². The van der Waals surface area contributed by atoms with Crippen molar-refractivity contribution in [3.8, 4) is 0 Å². The molecule has 0 bridgehead atoms. The maximum Gasteiger partial charge on any atom is 0.234 e. The summed E-state index contributed by atoms with van der Waals surface area (Å²) in [6, 6.07) is 8.09. The highest BCUT2D eigenvalue weighted by atomic mass is 16.2. The van der Waals surface area contributed by atoms with E-state index in [2.05, 4.69) is 20.4 Å². The largest absolute Gasteiger partial charge is 0.351 e. The number of hydrogen-bond donors (Lipinski definition) is 2. The van der Waals surface area contributed by atoms with Gasteiger partial charge in [0.25, 0.3) is 0 Å². The molecule has 1 aromatic rings. The number of rotatable bonds is 7. The Morgan fingerprint density at radius 3 is 2.50 bits per heavy atom. The Bertz CT molecular complexity index is 611. The molecule has 142 valence electrons. The van der Waals surface area contributed by atoms with E-state index in [1.54, 1.807) is 0 Å². The third-order valence-corrected chi connectivity index (χ3v) is 5.28. The molecule has 0 aliphatic carbocycles. The molecule has 2 fully saturated rings. The van der Waals surface area contributed by atoms with Gasteiger partial charge in [0.2, 0.25) is 11.8 Å². The van der Waals surface area contributed by atoms with E-state index in [-0.39, 0.29) is 11.8 Å². The van der Waals surface area contributed by atoms with Gasteiger partial charge in [0.1, 0.15) is 0 Å². The van der Waals surface area contributed by atoms with E-state index in [1.807, 2.05) is 24.3 Å². The van der Waals surface area contributed by atoms with E-state index < -0.39 is 0 Å². The molecule has 2 N–H and O–H groups in total. The average Bonchev–Trinajstić information content (AvgIpc) is 3.27. The summed E-state index contributed by atoms with van der Waals surface area (Å²) in [6.07, 6.45) is 5.02. The van der Waals surface area contributed by atoms with E-state index in [1.165, 1.54) is 45.7 Å². The van der Waals surface area contributed by atoms with Crippen LogP contribution in [0.5, 0.6) is 0 Å². The molecule has 2 aliphatic heterocycles. The Morgan fingerprint density at radius 2 is 1.81 bits per heavy atom. The molecule has 0 aromatic heterocycles. The van der Waals surface area contributed by atoms with E-state index in [4.69, 9.17) is 0 Å². The lowest BCUT2D eigenvalue weighted by atomic mass is 10.2. The Labute approximate surface area is 155 Å². The van der Waals surface area contributed by atoms with Crippen molar-refractivity contribution in [1.82, 2.24) is 15.1 Å². The van der Waals surface area contributed by atoms with Crippen molar-refractivity contribution in [3.05, 3.63) is 29.8 Å². The maximum absolute atomic E-state index is 12.3. The van der Waals surface area contributed by atoms with Gasteiger partial charge >= 0.3 is 0 Å². The van der Waals surface area contributed by atoms with Crippen molar-refractivity contribution in [2.45, 2.75) is 45.2 Å². The van der Waals surface area contributed by atoms with Gasteiger partial charge in [-0.25, -0.2) is 0 Å². The minimum atomic E-state index is -0.0832. The summed E-state index contributed by atoms with van der Waals surface area (Å²) >= 11 is 0. The predicted molar refractivity (Wildman–Crippen MR) is 103 cm³/mol. The molecular formula is C20H30N4O2. The van der Waals surface area contributed by atoms with Crippen LogP contribution in [0, 0.1) is 0 Å². The van der Waals surface area contributed by atoms with Gasteiger partial charge in [-0.2, -0.15) is 0 Å². The minimum Gasteiger partial charge on any atom is -0.351 e. The zero-order valence-corrected chi connectivity index (χ0v) is 15.7. The number of benzene rings is 1. The van der Waals surface area contributed by atoms with Gasteiger partial charge in [0.15, 0.2) is 0 Å². The smallest absolute Gasteiger partial charge is 0.234 e. The molecule has 26 heavy (non-hydrogen) atoms. The summed E-state index contributed by atoms with van der Waals surface area (Å²) < 4.78 is 0. The number of anilines is 1. The van der Waals surface area contributed by atoms with Crippen LogP contribution >= 0.6 is 0 Å². The number of carbonyl (C=O) groups excluding carboxylic acids is 2. The standard InChI is InChI=1S/C20H30N4O2/c1-16(25)22-18-8-6-17(7-9-18)13-21-20(26)15-24-12-4-5-19(24)14-23-10-2-3-11-23/h6-9,19H,2-5,10-15H2,1H3,(H,21,26)(H,22,25)/t19-/m0/s1.